The summed E-state index contributed by atoms with van der Waals surface area (Å²) in [4.78, 5) is 11.5. The third-order valence-corrected chi connectivity index (χ3v) is 5.18. The Morgan fingerprint density at radius 1 is 1.27 bits per heavy atom. The molecule has 0 aromatic carbocycles. The van der Waals surface area contributed by atoms with Gasteiger partial charge in [-0.25, -0.2) is 0 Å². The van der Waals surface area contributed by atoms with Crippen LogP contribution in [-0.2, 0) is 22.5 Å². The summed E-state index contributed by atoms with van der Waals surface area (Å²) >= 11 is 1.42. The van der Waals surface area contributed by atoms with Crippen LogP contribution in [0, 0.1) is 5.92 Å². The number of ether oxygens (including phenoxy) is 1. The molecule has 1 saturated carbocycles. The number of nitrogens with zero attached hydrogens (tertiary/aromatic N) is 3. The van der Waals surface area contributed by atoms with E-state index in [1.165, 1.54) is 50.3 Å². The average Bonchev–Trinajstić information content (AvgIpc) is 2.94. The molecule has 5 nitrogen and oxygen atoms in total. The van der Waals surface area contributed by atoms with Crippen molar-refractivity contribution in [1.82, 2.24) is 14.8 Å². The predicted molar refractivity (Wildman–Crippen MR) is 87.9 cm³/mol. The van der Waals surface area contributed by atoms with Gasteiger partial charge >= 0.3 is 5.97 Å². The number of aryl methyl sites for hydroxylation is 1. The number of carbonyl (C=O) groups excluding carboxylic acids is 1. The molecule has 0 unspecified atom stereocenters. The van der Waals surface area contributed by atoms with E-state index in [1.807, 2.05) is 6.92 Å². The lowest BCUT2D eigenvalue weighted by Gasteiger charge is -2.21. The molecule has 1 aliphatic rings. The zero-order valence-corrected chi connectivity index (χ0v) is 14.5. The van der Waals surface area contributed by atoms with Gasteiger partial charge in [0.2, 0.25) is 0 Å². The lowest BCUT2D eigenvalue weighted by Crippen LogP contribution is -2.11. The summed E-state index contributed by atoms with van der Waals surface area (Å²) in [5.74, 6) is 2.02. The molecule has 0 bridgehead atoms. The highest BCUT2D eigenvalue weighted by molar-refractivity contribution is 7.99. The summed E-state index contributed by atoms with van der Waals surface area (Å²) in [6.45, 7) is 5.19. The highest BCUT2D eigenvalue weighted by Crippen LogP contribution is 2.27. The lowest BCUT2D eigenvalue weighted by atomic mass is 9.86. The normalized spacial score (nSPS) is 15.9. The minimum atomic E-state index is -0.193. The molecule has 0 amide bonds. The van der Waals surface area contributed by atoms with Crippen molar-refractivity contribution < 1.29 is 9.53 Å². The molecule has 0 N–H and O–H groups in total. The van der Waals surface area contributed by atoms with Crippen LogP contribution in [0.1, 0.15) is 58.2 Å². The number of aromatic nitrogens is 3. The van der Waals surface area contributed by atoms with Crippen molar-refractivity contribution in [2.75, 3.05) is 12.4 Å². The van der Waals surface area contributed by atoms with Crippen LogP contribution in [0.5, 0.6) is 0 Å². The highest BCUT2D eigenvalue weighted by Gasteiger charge is 2.17. The van der Waals surface area contributed by atoms with E-state index in [2.05, 4.69) is 21.7 Å². The van der Waals surface area contributed by atoms with Gasteiger partial charge in [-0.05, 0) is 26.2 Å². The van der Waals surface area contributed by atoms with Crippen LogP contribution in [0.25, 0.3) is 0 Å². The number of hydrogen-bond acceptors (Lipinski definition) is 5. The molecule has 2 rings (SSSR count). The first kappa shape index (κ1) is 17.3. The molecular weight excluding hydrogens is 298 g/mol. The molecule has 0 radical (unpaired) electrons. The number of thioether (sulfide) groups is 1. The van der Waals surface area contributed by atoms with Crippen LogP contribution >= 0.6 is 11.8 Å². The molecule has 0 atom stereocenters. The fourth-order valence-corrected chi connectivity index (χ4v) is 3.88. The summed E-state index contributed by atoms with van der Waals surface area (Å²) in [5, 5.41) is 9.41. The minimum absolute atomic E-state index is 0.193. The first-order valence-electron chi connectivity index (χ1n) is 8.45. The molecule has 0 spiro atoms. The Kier molecular flexibility index (Phi) is 7.22. The van der Waals surface area contributed by atoms with Crippen LogP contribution < -0.4 is 0 Å². The van der Waals surface area contributed by atoms with Crippen LogP contribution in [-0.4, -0.2) is 33.1 Å². The second-order valence-corrected chi connectivity index (χ2v) is 6.72. The van der Waals surface area contributed by atoms with Crippen LogP contribution in [0.2, 0.25) is 0 Å². The first-order valence-corrected chi connectivity index (χ1v) is 9.43. The van der Waals surface area contributed by atoms with E-state index >= 15 is 0 Å². The maximum Gasteiger partial charge on any atom is 0.316 e. The number of carbonyl (C=O) groups is 1. The standard InChI is InChI=1S/C16H27N3O2S/c1-3-19-14(11-10-13-8-6-5-7-9-13)17-18-16(19)22-12-15(20)21-4-2/h13H,3-12H2,1-2H3. The van der Waals surface area contributed by atoms with Crippen molar-refractivity contribution in [3.8, 4) is 0 Å². The molecule has 1 heterocycles. The number of rotatable bonds is 8. The molecular formula is C16H27N3O2S. The fraction of sp³-hybridized carbons (Fsp3) is 0.812. The highest BCUT2D eigenvalue weighted by atomic mass is 32.2. The Morgan fingerprint density at radius 2 is 2.05 bits per heavy atom. The van der Waals surface area contributed by atoms with Gasteiger partial charge < -0.3 is 9.30 Å². The van der Waals surface area contributed by atoms with Gasteiger partial charge in [0.1, 0.15) is 5.82 Å². The Morgan fingerprint density at radius 3 is 2.73 bits per heavy atom. The third kappa shape index (κ3) is 5.00. The molecule has 0 aliphatic heterocycles. The fourth-order valence-electron chi connectivity index (χ4n) is 3.06. The monoisotopic (exact) mass is 325 g/mol. The quantitative estimate of drug-likeness (QED) is 0.541. The summed E-state index contributed by atoms with van der Waals surface area (Å²) in [7, 11) is 0. The smallest absolute Gasteiger partial charge is 0.316 e. The van der Waals surface area contributed by atoms with Crippen molar-refractivity contribution >= 4 is 17.7 Å². The van der Waals surface area contributed by atoms with Crippen molar-refractivity contribution in [1.29, 1.82) is 0 Å². The second kappa shape index (κ2) is 9.18. The van der Waals surface area contributed by atoms with E-state index in [9.17, 15) is 4.79 Å². The molecule has 1 aliphatic carbocycles. The van der Waals surface area contributed by atoms with Crippen molar-refractivity contribution in [2.24, 2.45) is 5.92 Å². The van der Waals surface area contributed by atoms with Crippen molar-refractivity contribution in [3.63, 3.8) is 0 Å². The summed E-state index contributed by atoms with van der Waals surface area (Å²) in [5.41, 5.74) is 0. The summed E-state index contributed by atoms with van der Waals surface area (Å²) in [6.07, 6.45) is 9.09. The predicted octanol–water partition coefficient (Wildman–Crippen LogP) is 3.47. The van der Waals surface area contributed by atoms with E-state index in [4.69, 9.17) is 4.74 Å². The largest absolute Gasteiger partial charge is 0.465 e. The Balaban J connectivity index is 1.87. The van der Waals surface area contributed by atoms with E-state index in [1.54, 1.807) is 0 Å². The molecule has 1 aromatic heterocycles. The SMILES string of the molecule is CCOC(=O)CSc1nnc(CCC2CCCCC2)n1CC. The van der Waals surface area contributed by atoms with Crippen molar-refractivity contribution in [2.45, 2.75) is 70.5 Å². The van der Waals surface area contributed by atoms with E-state index < -0.39 is 0 Å². The average molecular weight is 325 g/mol. The Labute approximate surface area is 137 Å². The van der Waals surface area contributed by atoms with Gasteiger partial charge in [0.05, 0.1) is 12.4 Å². The topological polar surface area (TPSA) is 57.0 Å². The summed E-state index contributed by atoms with van der Waals surface area (Å²) < 4.78 is 7.09. The third-order valence-electron chi connectivity index (χ3n) is 4.24. The van der Waals surface area contributed by atoms with Gasteiger partial charge in [0.25, 0.3) is 0 Å². The first-order chi connectivity index (χ1) is 10.7. The lowest BCUT2D eigenvalue weighted by molar-refractivity contribution is -0.139. The van der Waals surface area contributed by atoms with Gasteiger partial charge in [-0.15, -0.1) is 10.2 Å². The molecule has 6 heteroatoms. The van der Waals surface area contributed by atoms with Gasteiger partial charge in [-0.3, -0.25) is 4.79 Å². The molecule has 1 aromatic rings. The van der Waals surface area contributed by atoms with Gasteiger partial charge in [-0.2, -0.15) is 0 Å². The van der Waals surface area contributed by atoms with E-state index in [-0.39, 0.29) is 5.97 Å². The Bertz CT molecular complexity index is 470. The molecule has 1 fully saturated rings. The number of esters is 1. The second-order valence-electron chi connectivity index (χ2n) is 5.78. The van der Waals surface area contributed by atoms with Crippen LogP contribution in [0.4, 0.5) is 0 Å². The van der Waals surface area contributed by atoms with Gasteiger partial charge in [-0.1, -0.05) is 43.9 Å². The van der Waals surface area contributed by atoms with Gasteiger partial charge in [0, 0.05) is 13.0 Å². The molecule has 124 valence electrons. The zero-order valence-electron chi connectivity index (χ0n) is 13.7. The van der Waals surface area contributed by atoms with Crippen LogP contribution in [0.3, 0.4) is 0 Å². The van der Waals surface area contributed by atoms with Gasteiger partial charge in [0.15, 0.2) is 5.16 Å². The maximum atomic E-state index is 11.5. The number of hydrogen-bond donors (Lipinski definition) is 0. The maximum absolute atomic E-state index is 11.5. The van der Waals surface area contributed by atoms with Crippen LogP contribution in [0.15, 0.2) is 5.16 Å². The van der Waals surface area contributed by atoms with E-state index in [0.29, 0.717) is 12.4 Å². The van der Waals surface area contributed by atoms with Crippen molar-refractivity contribution in [3.05, 3.63) is 5.82 Å². The minimum Gasteiger partial charge on any atom is -0.465 e. The zero-order chi connectivity index (χ0) is 15.8. The summed E-state index contributed by atoms with van der Waals surface area (Å²) in [6, 6.07) is 0. The Hall–Kier alpha value is -1.04. The molecule has 22 heavy (non-hydrogen) atoms. The van der Waals surface area contributed by atoms with E-state index in [0.717, 1.165) is 29.9 Å². The molecule has 0 saturated heterocycles.